The lowest BCUT2D eigenvalue weighted by atomic mass is 9.87. The number of carbonyl (C=O) groups is 1. The third-order valence-corrected chi connectivity index (χ3v) is 3.92. The minimum Gasteiger partial charge on any atom is -0.336 e. The van der Waals surface area contributed by atoms with E-state index < -0.39 is 0 Å². The molecule has 1 fully saturated rings. The molecule has 1 amide bonds. The number of halogens is 1. The van der Waals surface area contributed by atoms with E-state index >= 15 is 0 Å². The van der Waals surface area contributed by atoms with E-state index in [0.29, 0.717) is 12.6 Å². The molecule has 1 aliphatic heterocycles. The number of rotatable bonds is 3. The lowest BCUT2D eigenvalue weighted by Gasteiger charge is -2.30. The van der Waals surface area contributed by atoms with Crippen LogP contribution >= 0.6 is 12.4 Å². The zero-order valence-electron chi connectivity index (χ0n) is 13.3. The predicted molar refractivity (Wildman–Crippen MR) is 89.7 cm³/mol. The van der Waals surface area contributed by atoms with Gasteiger partial charge in [-0.2, -0.15) is 0 Å². The van der Waals surface area contributed by atoms with Gasteiger partial charge in [0.2, 0.25) is 0 Å². The molecular weight excluding hydrogens is 284 g/mol. The molecule has 1 saturated heterocycles. The van der Waals surface area contributed by atoms with Crippen molar-refractivity contribution in [3.05, 3.63) is 35.4 Å². The Morgan fingerprint density at radius 2 is 1.90 bits per heavy atom. The molecule has 0 radical (unpaired) electrons. The van der Waals surface area contributed by atoms with Gasteiger partial charge < -0.3 is 10.6 Å². The normalized spacial score (nSPS) is 18.5. The fourth-order valence-corrected chi connectivity index (χ4v) is 2.97. The Morgan fingerprint density at radius 3 is 2.43 bits per heavy atom. The molecule has 0 spiro atoms. The van der Waals surface area contributed by atoms with Crippen LogP contribution in [0.3, 0.4) is 0 Å². The summed E-state index contributed by atoms with van der Waals surface area (Å²) in [6.07, 6.45) is 3.32. The number of benzene rings is 1. The van der Waals surface area contributed by atoms with Crippen molar-refractivity contribution in [1.82, 2.24) is 4.90 Å². The molecular formula is C17H27ClN2O. The van der Waals surface area contributed by atoms with Gasteiger partial charge in [0.1, 0.15) is 0 Å². The maximum absolute atomic E-state index is 12.6. The third-order valence-electron chi connectivity index (χ3n) is 3.92. The van der Waals surface area contributed by atoms with Crippen LogP contribution in [-0.4, -0.2) is 23.4 Å². The monoisotopic (exact) mass is 310 g/mol. The van der Waals surface area contributed by atoms with Crippen molar-refractivity contribution in [3.63, 3.8) is 0 Å². The standard InChI is InChI=1S/C17H26N2O.ClH/c1-17(2,3)11-15-5-4-10-19(15)16(20)14-8-6-13(12-18)7-9-14;/h6-9,15H,4-5,10-12,18H2,1-3H3;1H. The Labute approximate surface area is 134 Å². The quantitative estimate of drug-likeness (QED) is 0.927. The van der Waals surface area contributed by atoms with Gasteiger partial charge >= 0.3 is 0 Å². The van der Waals surface area contributed by atoms with Gasteiger partial charge in [-0.05, 0) is 42.4 Å². The first kappa shape index (κ1) is 18.0. The summed E-state index contributed by atoms with van der Waals surface area (Å²) in [5, 5.41) is 0. The van der Waals surface area contributed by atoms with E-state index in [9.17, 15) is 4.79 Å². The summed E-state index contributed by atoms with van der Waals surface area (Å²) < 4.78 is 0. The van der Waals surface area contributed by atoms with E-state index in [1.54, 1.807) is 0 Å². The maximum Gasteiger partial charge on any atom is 0.254 e. The van der Waals surface area contributed by atoms with E-state index in [4.69, 9.17) is 5.73 Å². The zero-order chi connectivity index (χ0) is 14.8. The number of likely N-dealkylation sites (tertiary alicyclic amines) is 1. The number of nitrogens with two attached hydrogens (primary N) is 1. The molecule has 1 aromatic carbocycles. The Kier molecular flexibility index (Phi) is 6.24. The van der Waals surface area contributed by atoms with E-state index in [1.807, 2.05) is 24.3 Å². The maximum atomic E-state index is 12.6. The molecule has 0 aromatic heterocycles. The van der Waals surface area contributed by atoms with Crippen LogP contribution in [0, 0.1) is 5.41 Å². The average molecular weight is 311 g/mol. The molecule has 118 valence electrons. The smallest absolute Gasteiger partial charge is 0.254 e. The van der Waals surface area contributed by atoms with E-state index in [1.165, 1.54) is 0 Å². The molecule has 3 nitrogen and oxygen atoms in total. The molecule has 1 atom stereocenters. The molecule has 2 rings (SSSR count). The van der Waals surface area contributed by atoms with E-state index in [2.05, 4.69) is 25.7 Å². The van der Waals surface area contributed by atoms with Gasteiger partial charge in [-0.15, -0.1) is 12.4 Å². The second-order valence-corrected chi connectivity index (χ2v) is 6.96. The fourth-order valence-electron chi connectivity index (χ4n) is 2.97. The summed E-state index contributed by atoms with van der Waals surface area (Å²) in [7, 11) is 0. The number of hydrogen-bond acceptors (Lipinski definition) is 2. The number of nitrogens with zero attached hydrogens (tertiary/aromatic N) is 1. The highest BCUT2D eigenvalue weighted by atomic mass is 35.5. The molecule has 4 heteroatoms. The first-order chi connectivity index (χ1) is 9.40. The highest BCUT2D eigenvalue weighted by Gasteiger charge is 2.32. The summed E-state index contributed by atoms with van der Waals surface area (Å²) in [6.45, 7) is 8.13. The van der Waals surface area contributed by atoms with Crippen LogP contribution in [-0.2, 0) is 6.54 Å². The molecule has 1 aliphatic rings. The Morgan fingerprint density at radius 1 is 1.29 bits per heavy atom. The van der Waals surface area contributed by atoms with Crippen molar-refractivity contribution in [2.45, 2.75) is 52.6 Å². The van der Waals surface area contributed by atoms with Gasteiger partial charge in [-0.25, -0.2) is 0 Å². The van der Waals surface area contributed by atoms with Gasteiger partial charge in [-0.1, -0.05) is 32.9 Å². The summed E-state index contributed by atoms with van der Waals surface area (Å²) in [5.74, 6) is 0.167. The van der Waals surface area contributed by atoms with Crippen molar-refractivity contribution >= 4 is 18.3 Å². The molecule has 1 unspecified atom stereocenters. The van der Waals surface area contributed by atoms with Crippen LogP contribution < -0.4 is 5.73 Å². The lowest BCUT2D eigenvalue weighted by Crippen LogP contribution is -2.37. The van der Waals surface area contributed by atoms with Gasteiger partial charge in [0.25, 0.3) is 5.91 Å². The Hall–Kier alpha value is -1.06. The summed E-state index contributed by atoms with van der Waals surface area (Å²) in [6, 6.07) is 8.08. The topological polar surface area (TPSA) is 46.3 Å². The van der Waals surface area contributed by atoms with Gasteiger partial charge in [-0.3, -0.25) is 4.79 Å². The van der Waals surface area contributed by atoms with Crippen LogP contribution in [0.2, 0.25) is 0 Å². The minimum atomic E-state index is 0. The largest absolute Gasteiger partial charge is 0.336 e. The number of carbonyl (C=O) groups excluding carboxylic acids is 1. The van der Waals surface area contributed by atoms with Crippen LogP contribution in [0.25, 0.3) is 0 Å². The second kappa shape index (κ2) is 7.28. The first-order valence-corrected chi connectivity index (χ1v) is 7.51. The predicted octanol–water partition coefficient (Wildman–Crippen LogP) is 3.61. The van der Waals surface area contributed by atoms with Crippen molar-refractivity contribution in [2.75, 3.05) is 6.54 Å². The average Bonchev–Trinajstić information content (AvgIpc) is 2.84. The number of amides is 1. The van der Waals surface area contributed by atoms with Crippen molar-refractivity contribution < 1.29 is 4.79 Å². The molecule has 1 aromatic rings. The van der Waals surface area contributed by atoms with Crippen LogP contribution in [0.4, 0.5) is 0 Å². The van der Waals surface area contributed by atoms with Gasteiger partial charge in [0, 0.05) is 24.7 Å². The van der Waals surface area contributed by atoms with Gasteiger partial charge in [0.05, 0.1) is 0 Å². The van der Waals surface area contributed by atoms with Crippen LogP contribution in [0.5, 0.6) is 0 Å². The summed E-state index contributed by atoms with van der Waals surface area (Å²) in [5.41, 5.74) is 7.70. The molecule has 21 heavy (non-hydrogen) atoms. The number of hydrogen-bond donors (Lipinski definition) is 1. The minimum absolute atomic E-state index is 0. The van der Waals surface area contributed by atoms with Crippen LogP contribution in [0.1, 0.15) is 56.0 Å². The van der Waals surface area contributed by atoms with E-state index in [0.717, 1.165) is 36.9 Å². The van der Waals surface area contributed by atoms with E-state index in [-0.39, 0.29) is 23.7 Å². The lowest BCUT2D eigenvalue weighted by molar-refractivity contribution is 0.0704. The highest BCUT2D eigenvalue weighted by molar-refractivity contribution is 5.94. The highest BCUT2D eigenvalue weighted by Crippen LogP contribution is 2.30. The van der Waals surface area contributed by atoms with Crippen molar-refractivity contribution in [3.8, 4) is 0 Å². The summed E-state index contributed by atoms with van der Waals surface area (Å²) in [4.78, 5) is 14.7. The molecule has 1 heterocycles. The molecule has 0 saturated carbocycles. The fraction of sp³-hybridized carbons (Fsp3) is 0.588. The molecule has 2 N–H and O–H groups in total. The van der Waals surface area contributed by atoms with Crippen molar-refractivity contribution in [1.29, 1.82) is 0 Å². The van der Waals surface area contributed by atoms with Crippen molar-refractivity contribution in [2.24, 2.45) is 11.1 Å². The summed E-state index contributed by atoms with van der Waals surface area (Å²) >= 11 is 0. The third kappa shape index (κ3) is 4.72. The Bertz CT molecular complexity index is 465. The first-order valence-electron chi connectivity index (χ1n) is 7.51. The molecule has 0 aliphatic carbocycles. The van der Waals surface area contributed by atoms with Crippen LogP contribution in [0.15, 0.2) is 24.3 Å². The SMILES string of the molecule is CC(C)(C)CC1CCCN1C(=O)c1ccc(CN)cc1.Cl. The molecule has 0 bridgehead atoms. The second-order valence-electron chi connectivity index (χ2n) is 6.96. The van der Waals surface area contributed by atoms with Gasteiger partial charge in [0.15, 0.2) is 0 Å². The Balaban J connectivity index is 0.00000220. The zero-order valence-corrected chi connectivity index (χ0v) is 14.1.